The number of ketones is 1. The number of rotatable bonds is 7. The second kappa shape index (κ2) is 7.98. The first kappa shape index (κ1) is 17.2. The van der Waals surface area contributed by atoms with Crippen LogP contribution in [0.2, 0.25) is 0 Å². The molecule has 1 aromatic carbocycles. The van der Waals surface area contributed by atoms with E-state index in [0.717, 1.165) is 35.0 Å². The number of carbonyl (C=O) groups is 1. The van der Waals surface area contributed by atoms with Gasteiger partial charge in [-0.15, -0.1) is 0 Å². The van der Waals surface area contributed by atoms with Crippen molar-refractivity contribution in [3.63, 3.8) is 0 Å². The van der Waals surface area contributed by atoms with Crippen molar-refractivity contribution in [3.8, 4) is 0 Å². The molecule has 0 amide bonds. The molecule has 1 aromatic heterocycles. The van der Waals surface area contributed by atoms with Crippen molar-refractivity contribution < 1.29 is 4.79 Å². The molecule has 3 nitrogen and oxygen atoms in total. The van der Waals surface area contributed by atoms with Gasteiger partial charge in [0.05, 0.1) is 0 Å². The molecular formula is C21H29N2O. The molecule has 0 aliphatic carbocycles. The number of hydrogen-bond acceptors (Lipinski definition) is 2. The number of Topliss-reactive ketones (excluding diaryl/α,β-unsaturated/α-hetero) is 1. The predicted octanol–water partition coefficient (Wildman–Crippen LogP) is 4.53. The summed E-state index contributed by atoms with van der Waals surface area (Å²) >= 11 is 0. The summed E-state index contributed by atoms with van der Waals surface area (Å²) in [6.45, 7) is 5.68. The van der Waals surface area contributed by atoms with E-state index in [9.17, 15) is 4.79 Å². The molecule has 1 aliphatic rings. The molecule has 0 unspecified atom stereocenters. The molecule has 0 N–H and O–H groups in total. The van der Waals surface area contributed by atoms with Crippen molar-refractivity contribution in [1.82, 2.24) is 9.47 Å². The lowest BCUT2D eigenvalue weighted by Gasteiger charge is -2.26. The first-order valence-corrected chi connectivity index (χ1v) is 9.29. The molecule has 0 bridgehead atoms. The summed E-state index contributed by atoms with van der Waals surface area (Å²) in [4.78, 5) is 15.3. The van der Waals surface area contributed by atoms with E-state index in [1.807, 2.05) is 19.2 Å². The van der Waals surface area contributed by atoms with Crippen molar-refractivity contribution in [3.05, 3.63) is 41.9 Å². The fourth-order valence-electron chi connectivity index (χ4n) is 3.82. The smallest absolute Gasteiger partial charge is 0.165 e. The summed E-state index contributed by atoms with van der Waals surface area (Å²) in [6, 6.07) is 8.22. The van der Waals surface area contributed by atoms with E-state index in [4.69, 9.17) is 0 Å². The van der Waals surface area contributed by atoms with Gasteiger partial charge in [-0.25, -0.2) is 0 Å². The number of hydrogen-bond donors (Lipinski definition) is 0. The molecular weight excluding hydrogens is 296 g/mol. The molecule has 3 heteroatoms. The van der Waals surface area contributed by atoms with E-state index in [2.05, 4.69) is 34.9 Å². The zero-order valence-electron chi connectivity index (χ0n) is 15.1. The summed E-state index contributed by atoms with van der Waals surface area (Å²) in [5.41, 5.74) is 3.17. The molecule has 3 rings (SSSR count). The van der Waals surface area contributed by atoms with Crippen LogP contribution < -0.4 is 0 Å². The molecule has 0 saturated carbocycles. The number of fused-ring (bicyclic) bond motifs is 1. The third-order valence-electron chi connectivity index (χ3n) is 5.36. The third kappa shape index (κ3) is 3.72. The topological polar surface area (TPSA) is 25.2 Å². The van der Waals surface area contributed by atoms with Crippen LogP contribution in [-0.4, -0.2) is 34.9 Å². The lowest BCUT2D eigenvalue weighted by Crippen LogP contribution is -2.30. The highest BCUT2D eigenvalue weighted by atomic mass is 16.1. The summed E-state index contributed by atoms with van der Waals surface area (Å²) in [7, 11) is 2.05. The summed E-state index contributed by atoms with van der Waals surface area (Å²) in [6.07, 6.45) is 8.89. The molecule has 0 atom stereocenters. The van der Waals surface area contributed by atoms with Gasteiger partial charge in [0.2, 0.25) is 0 Å². The van der Waals surface area contributed by atoms with Crippen LogP contribution in [-0.2, 0) is 7.05 Å². The summed E-state index contributed by atoms with van der Waals surface area (Å²) in [5, 5.41) is 1.10. The number of aryl methyl sites for hydroxylation is 1. The Labute approximate surface area is 145 Å². The van der Waals surface area contributed by atoms with Crippen molar-refractivity contribution in [2.75, 3.05) is 19.6 Å². The van der Waals surface area contributed by atoms with Crippen LogP contribution >= 0.6 is 0 Å². The predicted molar refractivity (Wildman–Crippen MR) is 100 cm³/mol. The SMILES string of the molecule is Cc1c(C(=O)CCCCCN2CC[CH]CC2)c2ccccc2n1C. The molecule has 2 heterocycles. The van der Waals surface area contributed by atoms with E-state index in [1.54, 1.807) is 0 Å². The van der Waals surface area contributed by atoms with E-state index in [1.165, 1.54) is 38.9 Å². The van der Waals surface area contributed by atoms with Gasteiger partial charge in [-0.1, -0.05) is 24.6 Å². The van der Waals surface area contributed by atoms with Gasteiger partial charge in [-0.3, -0.25) is 4.79 Å². The maximum atomic E-state index is 12.7. The zero-order chi connectivity index (χ0) is 16.9. The quantitative estimate of drug-likeness (QED) is 0.552. The first-order chi connectivity index (χ1) is 11.7. The lowest BCUT2D eigenvalue weighted by atomic mass is 10.0. The minimum absolute atomic E-state index is 0.303. The van der Waals surface area contributed by atoms with Crippen molar-refractivity contribution in [2.45, 2.75) is 45.4 Å². The van der Waals surface area contributed by atoms with Crippen LogP contribution in [0.1, 0.15) is 54.6 Å². The Bertz CT molecular complexity index is 695. The van der Waals surface area contributed by atoms with Gasteiger partial charge in [-0.05, 0) is 64.7 Å². The Morgan fingerprint density at radius 3 is 2.62 bits per heavy atom. The van der Waals surface area contributed by atoms with E-state index >= 15 is 0 Å². The molecule has 0 spiro atoms. The standard InChI is InChI=1S/C21H29N2O/c1-17-21(18-11-6-7-12-19(18)22(17)2)20(24)13-5-3-8-14-23-15-9-4-10-16-23/h4,6-7,11-12H,3,5,8-10,13-16H2,1-2H3. The van der Waals surface area contributed by atoms with Crippen molar-refractivity contribution in [2.24, 2.45) is 7.05 Å². The molecule has 129 valence electrons. The number of likely N-dealkylation sites (tertiary alicyclic amines) is 1. The Hall–Kier alpha value is -1.61. The van der Waals surface area contributed by atoms with E-state index < -0.39 is 0 Å². The second-order valence-corrected chi connectivity index (χ2v) is 6.98. The number of aromatic nitrogens is 1. The minimum atomic E-state index is 0.303. The van der Waals surface area contributed by atoms with Crippen molar-refractivity contribution in [1.29, 1.82) is 0 Å². The Kier molecular flexibility index (Phi) is 5.72. The van der Waals surface area contributed by atoms with Gasteiger partial charge < -0.3 is 9.47 Å². The van der Waals surface area contributed by atoms with Gasteiger partial charge in [0.25, 0.3) is 0 Å². The largest absolute Gasteiger partial charge is 0.347 e. The van der Waals surface area contributed by atoms with E-state index in [0.29, 0.717) is 12.2 Å². The number of carbonyl (C=O) groups excluding carboxylic acids is 1. The van der Waals surface area contributed by atoms with Crippen LogP contribution in [0.5, 0.6) is 0 Å². The average Bonchev–Trinajstić information content (AvgIpc) is 2.87. The van der Waals surface area contributed by atoms with Gasteiger partial charge in [-0.2, -0.15) is 0 Å². The first-order valence-electron chi connectivity index (χ1n) is 9.29. The van der Waals surface area contributed by atoms with E-state index in [-0.39, 0.29) is 0 Å². The van der Waals surface area contributed by atoms with Gasteiger partial charge in [0, 0.05) is 35.6 Å². The highest BCUT2D eigenvalue weighted by Gasteiger charge is 2.17. The Balaban J connectivity index is 1.51. The van der Waals surface area contributed by atoms with Crippen LogP contribution in [0, 0.1) is 13.3 Å². The van der Waals surface area contributed by atoms with Crippen LogP contribution in [0.4, 0.5) is 0 Å². The number of para-hydroxylation sites is 1. The third-order valence-corrected chi connectivity index (χ3v) is 5.36. The molecule has 1 radical (unpaired) electrons. The molecule has 2 aromatic rings. The monoisotopic (exact) mass is 325 g/mol. The maximum absolute atomic E-state index is 12.7. The Morgan fingerprint density at radius 2 is 1.83 bits per heavy atom. The van der Waals surface area contributed by atoms with Gasteiger partial charge in [0.1, 0.15) is 0 Å². The van der Waals surface area contributed by atoms with Crippen molar-refractivity contribution >= 4 is 16.7 Å². The minimum Gasteiger partial charge on any atom is -0.347 e. The second-order valence-electron chi connectivity index (χ2n) is 6.98. The lowest BCUT2D eigenvalue weighted by molar-refractivity contribution is 0.0979. The summed E-state index contributed by atoms with van der Waals surface area (Å²) in [5.74, 6) is 0.303. The Morgan fingerprint density at radius 1 is 1.08 bits per heavy atom. The number of nitrogens with zero attached hydrogens (tertiary/aromatic N) is 2. The number of piperidine rings is 1. The number of unbranched alkanes of at least 4 members (excludes halogenated alkanes) is 2. The zero-order valence-corrected chi connectivity index (χ0v) is 15.1. The van der Waals surface area contributed by atoms with Crippen LogP contribution in [0.25, 0.3) is 10.9 Å². The molecule has 1 aliphatic heterocycles. The fourth-order valence-corrected chi connectivity index (χ4v) is 3.82. The molecule has 1 saturated heterocycles. The average molecular weight is 325 g/mol. The van der Waals surface area contributed by atoms with Gasteiger partial charge in [0.15, 0.2) is 5.78 Å². The van der Waals surface area contributed by atoms with Crippen LogP contribution in [0.15, 0.2) is 24.3 Å². The highest BCUT2D eigenvalue weighted by molar-refractivity contribution is 6.09. The molecule has 24 heavy (non-hydrogen) atoms. The maximum Gasteiger partial charge on any atom is 0.165 e. The normalized spacial score (nSPS) is 15.9. The summed E-state index contributed by atoms with van der Waals surface area (Å²) < 4.78 is 2.13. The molecule has 1 fully saturated rings. The highest BCUT2D eigenvalue weighted by Crippen LogP contribution is 2.26. The van der Waals surface area contributed by atoms with Gasteiger partial charge >= 0.3 is 0 Å². The van der Waals surface area contributed by atoms with Crippen LogP contribution in [0.3, 0.4) is 0 Å². The fraction of sp³-hybridized carbons (Fsp3) is 0.524. The number of benzene rings is 1.